The van der Waals surface area contributed by atoms with Crippen LogP contribution < -0.4 is 4.90 Å². The molecule has 0 heterocycles. The summed E-state index contributed by atoms with van der Waals surface area (Å²) in [6, 6.07) is 8.51. The van der Waals surface area contributed by atoms with E-state index in [9.17, 15) is 5.26 Å². The summed E-state index contributed by atoms with van der Waals surface area (Å²) in [5, 5.41) is 9.87. The third-order valence-electron chi connectivity index (χ3n) is 3.32. The maximum atomic E-state index is 9.24. The number of anilines is 1. The van der Waals surface area contributed by atoms with Crippen molar-refractivity contribution in [2.45, 2.75) is 39.2 Å². The molecule has 1 aromatic carbocycles. The Balaban J connectivity index is 2.22. The average molecular weight is 263 g/mol. The highest BCUT2D eigenvalue weighted by atomic mass is 35.5. The highest BCUT2D eigenvalue weighted by Gasteiger charge is 2.30. The van der Waals surface area contributed by atoms with Crippen molar-refractivity contribution in [3.63, 3.8) is 0 Å². The summed E-state index contributed by atoms with van der Waals surface area (Å²) in [5.41, 5.74) is 1.74. The fourth-order valence-corrected chi connectivity index (χ4v) is 2.30. The zero-order chi connectivity index (χ0) is 13.1. The zero-order valence-corrected chi connectivity index (χ0v) is 11.7. The predicted octanol–water partition coefficient (Wildman–Crippen LogP) is 4.23. The molecule has 96 valence electrons. The second kappa shape index (κ2) is 5.63. The van der Waals surface area contributed by atoms with Gasteiger partial charge in [-0.2, -0.15) is 5.26 Å². The van der Waals surface area contributed by atoms with Crippen LogP contribution in [0.3, 0.4) is 0 Å². The highest BCUT2D eigenvalue weighted by molar-refractivity contribution is 6.30. The van der Waals surface area contributed by atoms with E-state index in [0.29, 0.717) is 22.5 Å². The third-order valence-corrected chi connectivity index (χ3v) is 3.56. The Kier molecular flexibility index (Phi) is 4.14. The Bertz CT molecular complexity index is 458. The van der Waals surface area contributed by atoms with E-state index in [4.69, 9.17) is 11.6 Å². The Morgan fingerprint density at radius 3 is 2.72 bits per heavy atom. The number of benzene rings is 1. The van der Waals surface area contributed by atoms with Gasteiger partial charge in [-0.25, -0.2) is 0 Å². The first kappa shape index (κ1) is 13.2. The number of hydrogen-bond donors (Lipinski definition) is 0. The van der Waals surface area contributed by atoms with Gasteiger partial charge in [-0.3, -0.25) is 0 Å². The zero-order valence-electron chi connectivity index (χ0n) is 11.0. The Hall–Kier alpha value is -1.20. The third kappa shape index (κ3) is 3.17. The van der Waals surface area contributed by atoms with E-state index in [1.807, 2.05) is 12.1 Å². The van der Waals surface area contributed by atoms with E-state index in [2.05, 4.69) is 24.8 Å². The maximum absolute atomic E-state index is 9.24. The van der Waals surface area contributed by atoms with E-state index < -0.39 is 0 Å². The largest absolute Gasteiger partial charge is 0.367 e. The van der Waals surface area contributed by atoms with Crippen LogP contribution in [0.15, 0.2) is 18.2 Å². The van der Waals surface area contributed by atoms with Gasteiger partial charge in [0.2, 0.25) is 0 Å². The summed E-state index contributed by atoms with van der Waals surface area (Å²) in [7, 11) is 0. The van der Waals surface area contributed by atoms with Gasteiger partial charge in [-0.15, -0.1) is 0 Å². The van der Waals surface area contributed by atoms with Crippen LogP contribution in [0.4, 0.5) is 5.69 Å². The molecule has 1 fully saturated rings. The number of hydrogen-bond acceptors (Lipinski definition) is 2. The fourth-order valence-electron chi connectivity index (χ4n) is 2.13. The van der Waals surface area contributed by atoms with Crippen LogP contribution in [0.1, 0.15) is 38.7 Å². The molecule has 0 amide bonds. The van der Waals surface area contributed by atoms with E-state index in [1.165, 1.54) is 12.8 Å². The van der Waals surface area contributed by atoms with E-state index >= 15 is 0 Å². The van der Waals surface area contributed by atoms with Crippen molar-refractivity contribution in [1.82, 2.24) is 0 Å². The topological polar surface area (TPSA) is 27.0 Å². The summed E-state index contributed by atoms with van der Waals surface area (Å²) in [4.78, 5) is 2.38. The molecular formula is C15H19ClN2. The van der Waals surface area contributed by atoms with Gasteiger partial charge < -0.3 is 4.90 Å². The maximum Gasteiger partial charge on any atom is 0.101 e. The van der Waals surface area contributed by atoms with Crippen LogP contribution >= 0.6 is 11.6 Å². The minimum absolute atomic E-state index is 0.622. The molecule has 0 unspecified atom stereocenters. The number of nitrogens with zero attached hydrogens (tertiary/aromatic N) is 2. The summed E-state index contributed by atoms with van der Waals surface area (Å²) < 4.78 is 0. The summed E-state index contributed by atoms with van der Waals surface area (Å²) in [6.45, 7) is 5.49. The number of halogens is 1. The molecule has 18 heavy (non-hydrogen) atoms. The normalized spacial score (nSPS) is 14.6. The van der Waals surface area contributed by atoms with E-state index in [0.717, 1.165) is 18.7 Å². The smallest absolute Gasteiger partial charge is 0.101 e. The Morgan fingerprint density at radius 2 is 2.17 bits per heavy atom. The van der Waals surface area contributed by atoms with E-state index in [-0.39, 0.29) is 0 Å². The summed E-state index contributed by atoms with van der Waals surface area (Å²) in [5.74, 6) is 0.684. The molecule has 2 nitrogen and oxygen atoms in total. The lowest BCUT2D eigenvalue weighted by Crippen LogP contribution is -2.28. The molecule has 0 spiro atoms. The van der Waals surface area contributed by atoms with Crippen LogP contribution in [0.2, 0.25) is 5.02 Å². The first-order valence-corrected chi connectivity index (χ1v) is 6.96. The molecule has 1 aliphatic carbocycles. The van der Waals surface area contributed by atoms with Crippen molar-refractivity contribution in [1.29, 1.82) is 5.26 Å². The van der Waals surface area contributed by atoms with Crippen molar-refractivity contribution in [3.05, 3.63) is 28.8 Å². The van der Waals surface area contributed by atoms with Gasteiger partial charge in [-0.05, 0) is 43.4 Å². The first-order valence-electron chi connectivity index (χ1n) is 6.58. The van der Waals surface area contributed by atoms with Gasteiger partial charge in [-0.1, -0.05) is 25.4 Å². The quantitative estimate of drug-likeness (QED) is 0.794. The van der Waals surface area contributed by atoms with Crippen molar-refractivity contribution < 1.29 is 0 Å². The van der Waals surface area contributed by atoms with Crippen LogP contribution in [0.25, 0.3) is 0 Å². The molecule has 0 radical (unpaired) electrons. The molecule has 2 rings (SSSR count). The Labute approximate surface area is 114 Å². The molecule has 0 aliphatic heterocycles. The van der Waals surface area contributed by atoms with Crippen molar-refractivity contribution in [2.24, 2.45) is 5.92 Å². The van der Waals surface area contributed by atoms with Gasteiger partial charge in [0.15, 0.2) is 0 Å². The molecule has 1 aliphatic rings. The minimum Gasteiger partial charge on any atom is -0.367 e. The molecule has 1 aromatic rings. The minimum atomic E-state index is 0.622. The average Bonchev–Trinajstić information content (AvgIpc) is 3.15. The molecule has 0 bridgehead atoms. The lowest BCUT2D eigenvalue weighted by atomic mass is 10.1. The van der Waals surface area contributed by atoms with Gasteiger partial charge >= 0.3 is 0 Å². The van der Waals surface area contributed by atoms with Gasteiger partial charge in [0.25, 0.3) is 0 Å². The summed E-state index contributed by atoms with van der Waals surface area (Å²) >= 11 is 5.95. The highest BCUT2D eigenvalue weighted by Crippen LogP contribution is 2.34. The van der Waals surface area contributed by atoms with E-state index in [1.54, 1.807) is 6.07 Å². The molecule has 0 aromatic heterocycles. The van der Waals surface area contributed by atoms with Crippen molar-refractivity contribution >= 4 is 17.3 Å². The summed E-state index contributed by atoms with van der Waals surface area (Å²) in [6.07, 6.45) is 3.64. The predicted molar refractivity (Wildman–Crippen MR) is 76.0 cm³/mol. The van der Waals surface area contributed by atoms with Crippen LogP contribution in [0, 0.1) is 17.2 Å². The van der Waals surface area contributed by atoms with Gasteiger partial charge in [0, 0.05) is 17.6 Å². The SMILES string of the molecule is CC(C)CCN(c1ccc(Cl)cc1C#N)C1CC1. The van der Waals surface area contributed by atoms with Crippen molar-refractivity contribution in [3.8, 4) is 6.07 Å². The number of rotatable bonds is 5. The molecule has 1 saturated carbocycles. The molecule has 0 saturated heterocycles. The van der Waals surface area contributed by atoms with Gasteiger partial charge in [0.1, 0.15) is 6.07 Å². The lowest BCUT2D eigenvalue weighted by molar-refractivity contribution is 0.570. The fraction of sp³-hybridized carbons (Fsp3) is 0.533. The first-order chi connectivity index (χ1) is 8.61. The Morgan fingerprint density at radius 1 is 1.44 bits per heavy atom. The molecule has 0 atom stereocenters. The molecule has 0 N–H and O–H groups in total. The van der Waals surface area contributed by atoms with Crippen LogP contribution in [-0.4, -0.2) is 12.6 Å². The van der Waals surface area contributed by atoms with Crippen LogP contribution in [0.5, 0.6) is 0 Å². The second-order valence-electron chi connectivity index (χ2n) is 5.38. The lowest BCUT2D eigenvalue weighted by Gasteiger charge is -2.26. The standard InChI is InChI=1S/C15H19ClN2/c1-11(2)7-8-18(14-4-5-14)15-6-3-13(16)9-12(15)10-17/h3,6,9,11,14H,4-5,7-8H2,1-2H3. The number of nitriles is 1. The molecule has 3 heteroatoms. The van der Waals surface area contributed by atoms with Crippen LogP contribution in [-0.2, 0) is 0 Å². The van der Waals surface area contributed by atoms with Crippen molar-refractivity contribution in [2.75, 3.05) is 11.4 Å². The monoisotopic (exact) mass is 262 g/mol. The van der Waals surface area contributed by atoms with Gasteiger partial charge in [0.05, 0.1) is 11.3 Å². The second-order valence-corrected chi connectivity index (χ2v) is 5.82. The molecular weight excluding hydrogens is 244 g/mol.